The van der Waals surface area contributed by atoms with Crippen molar-refractivity contribution in [3.8, 4) is 0 Å². The Morgan fingerprint density at radius 1 is 1.36 bits per heavy atom. The summed E-state index contributed by atoms with van der Waals surface area (Å²) in [6.45, 7) is 6.02. The third-order valence-electron chi connectivity index (χ3n) is 5.82. The third-order valence-corrected chi connectivity index (χ3v) is 5.82. The molecule has 28 heavy (non-hydrogen) atoms. The van der Waals surface area contributed by atoms with Crippen molar-refractivity contribution in [2.75, 3.05) is 0 Å². The number of aryl methyl sites for hydroxylation is 2. The largest absolute Gasteiger partial charge is 0.469 e. The molecule has 2 aromatic heterocycles. The van der Waals surface area contributed by atoms with Crippen LogP contribution in [0.2, 0.25) is 0 Å². The van der Waals surface area contributed by atoms with E-state index in [9.17, 15) is 9.59 Å². The van der Waals surface area contributed by atoms with Gasteiger partial charge in [-0.1, -0.05) is 0 Å². The van der Waals surface area contributed by atoms with E-state index >= 15 is 0 Å². The fourth-order valence-corrected chi connectivity index (χ4v) is 4.65. The Balaban J connectivity index is 1.62. The summed E-state index contributed by atoms with van der Waals surface area (Å²) in [5.74, 6) is 0.453. The van der Waals surface area contributed by atoms with E-state index in [0.717, 1.165) is 36.1 Å². The van der Waals surface area contributed by atoms with E-state index in [1.54, 1.807) is 17.1 Å². The fraction of sp³-hybridized carbons (Fsp3) is 0.571. The van der Waals surface area contributed by atoms with E-state index in [-0.39, 0.29) is 35.9 Å². The van der Waals surface area contributed by atoms with Gasteiger partial charge in [0.2, 0.25) is 11.8 Å². The predicted octanol–water partition coefficient (Wildman–Crippen LogP) is 2.90. The highest BCUT2D eigenvalue weighted by Crippen LogP contribution is 2.43. The van der Waals surface area contributed by atoms with Gasteiger partial charge in [-0.2, -0.15) is 5.10 Å². The normalized spacial score (nSPS) is 25.1. The van der Waals surface area contributed by atoms with Crippen LogP contribution in [-0.4, -0.2) is 32.0 Å². The number of hydrogen-bond donors (Lipinski definition) is 1. The molecule has 1 fully saturated rings. The van der Waals surface area contributed by atoms with Crippen molar-refractivity contribution in [1.82, 2.24) is 20.0 Å². The van der Waals surface area contributed by atoms with Gasteiger partial charge < -0.3 is 14.6 Å². The first-order valence-electron chi connectivity index (χ1n) is 9.93. The van der Waals surface area contributed by atoms with Gasteiger partial charge in [0, 0.05) is 42.8 Å². The SMILES string of the molecule is Cn1cc([C@@H]2[C@@H](C(=O)N[C@@H]3CCCc4occc43)CC(=O)N2C(C)(C)C)cn1. The molecule has 0 spiro atoms. The molecule has 1 saturated heterocycles. The Labute approximate surface area is 165 Å². The molecule has 0 aromatic carbocycles. The van der Waals surface area contributed by atoms with Crippen LogP contribution in [0.1, 0.15) is 69.0 Å². The molecule has 2 aliphatic rings. The highest BCUT2D eigenvalue weighted by Gasteiger charge is 2.49. The van der Waals surface area contributed by atoms with Crippen LogP contribution >= 0.6 is 0 Å². The summed E-state index contributed by atoms with van der Waals surface area (Å²) < 4.78 is 7.26. The summed E-state index contributed by atoms with van der Waals surface area (Å²) in [5.41, 5.74) is 1.58. The maximum atomic E-state index is 13.3. The molecular weight excluding hydrogens is 356 g/mol. The Kier molecular flexibility index (Phi) is 4.56. The van der Waals surface area contributed by atoms with Crippen LogP contribution in [0.3, 0.4) is 0 Å². The molecule has 1 aliphatic heterocycles. The lowest BCUT2D eigenvalue weighted by Gasteiger charge is -2.38. The highest BCUT2D eigenvalue weighted by atomic mass is 16.3. The lowest BCUT2D eigenvalue weighted by Crippen LogP contribution is -2.45. The van der Waals surface area contributed by atoms with E-state index < -0.39 is 5.92 Å². The van der Waals surface area contributed by atoms with Gasteiger partial charge in [-0.05, 0) is 39.7 Å². The summed E-state index contributed by atoms with van der Waals surface area (Å²) >= 11 is 0. The van der Waals surface area contributed by atoms with Gasteiger partial charge in [-0.25, -0.2) is 0 Å². The van der Waals surface area contributed by atoms with Crippen molar-refractivity contribution in [2.24, 2.45) is 13.0 Å². The minimum atomic E-state index is -0.437. The number of likely N-dealkylation sites (tertiary alicyclic amines) is 1. The maximum absolute atomic E-state index is 13.3. The summed E-state index contributed by atoms with van der Waals surface area (Å²) in [6.07, 6.45) is 8.34. The predicted molar refractivity (Wildman–Crippen MR) is 103 cm³/mol. The first-order chi connectivity index (χ1) is 13.3. The third kappa shape index (κ3) is 3.23. The molecule has 0 unspecified atom stereocenters. The average molecular weight is 384 g/mol. The van der Waals surface area contributed by atoms with Crippen LogP contribution in [0.4, 0.5) is 0 Å². The molecule has 2 aromatic rings. The summed E-state index contributed by atoms with van der Waals surface area (Å²) in [7, 11) is 1.85. The Morgan fingerprint density at radius 3 is 2.82 bits per heavy atom. The van der Waals surface area contributed by atoms with Crippen molar-refractivity contribution in [3.05, 3.63) is 41.6 Å². The highest BCUT2D eigenvalue weighted by molar-refractivity contribution is 5.91. The molecule has 2 amide bonds. The second kappa shape index (κ2) is 6.79. The topological polar surface area (TPSA) is 80.4 Å². The number of furan rings is 1. The van der Waals surface area contributed by atoms with Gasteiger partial charge in [-0.3, -0.25) is 14.3 Å². The molecule has 7 heteroatoms. The Morgan fingerprint density at radius 2 is 2.14 bits per heavy atom. The van der Waals surface area contributed by atoms with E-state index in [1.165, 1.54) is 0 Å². The van der Waals surface area contributed by atoms with Gasteiger partial charge in [0.15, 0.2) is 0 Å². The minimum absolute atomic E-state index is 0.00847. The van der Waals surface area contributed by atoms with Crippen molar-refractivity contribution in [3.63, 3.8) is 0 Å². The molecule has 7 nitrogen and oxygen atoms in total. The van der Waals surface area contributed by atoms with E-state index in [4.69, 9.17) is 4.42 Å². The smallest absolute Gasteiger partial charge is 0.226 e. The molecule has 1 N–H and O–H groups in total. The zero-order chi connectivity index (χ0) is 20.1. The molecule has 150 valence electrons. The average Bonchev–Trinajstić information content (AvgIpc) is 3.32. The van der Waals surface area contributed by atoms with Gasteiger partial charge in [0.1, 0.15) is 5.76 Å². The number of amides is 2. The van der Waals surface area contributed by atoms with Crippen LogP contribution in [0.25, 0.3) is 0 Å². The number of carbonyl (C=O) groups excluding carboxylic acids is 2. The van der Waals surface area contributed by atoms with Crippen molar-refractivity contribution in [2.45, 2.75) is 64.1 Å². The molecule has 1 aliphatic carbocycles. The minimum Gasteiger partial charge on any atom is -0.469 e. The molecular formula is C21H28N4O3. The number of aromatic nitrogens is 2. The molecule has 4 rings (SSSR count). The fourth-order valence-electron chi connectivity index (χ4n) is 4.65. The summed E-state index contributed by atoms with van der Waals surface area (Å²) in [6, 6.07) is 1.58. The van der Waals surface area contributed by atoms with Crippen molar-refractivity contribution >= 4 is 11.8 Å². The lowest BCUT2D eigenvalue weighted by molar-refractivity contribution is -0.133. The van der Waals surface area contributed by atoms with Gasteiger partial charge in [0.25, 0.3) is 0 Å². The number of carbonyl (C=O) groups is 2. The maximum Gasteiger partial charge on any atom is 0.226 e. The number of rotatable bonds is 3. The van der Waals surface area contributed by atoms with Crippen molar-refractivity contribution in [1.29, 1.82) is 0 Å². The summed E-state index contributed by atoms with van der Waals surface area (Å²) in [4.78, 5) is 28.0. The Hall–Kier alpha value is -2.57. The van der Waals surface area contributed by atoms with Crippen LogP contribution in [-0.2, 0) is 23.1 Å². The zero-order valence-corrected chi connectivity index (χ0v) is 16.9. The van der Waals surface area contributed by atoms with Gasteiger partial charge in [0.05, 0.1) is 30.5 Å². The standard InChI is InChI=1S/C21H28N4O3/c1-21(2,3)25-18(26)10-15(19(25)13-11-22-24(4)12-13)20(27)23-16-6-5-7-17-14(16)8-9-28-17/h8-9,11-12,15-16,19H,5-7,10H2,1-4H3,(H,23,27)/t15-,16+,19+/m0/s1. The van der Waals surface area contributed by atoms with E-state index in [1.807, 2.05) is 45.0 Å². The second-order valence-corrected chi connectivity index (χ2v) is 8.89. The monoisotopic (exact) mass is 384 g/mol. The van der Waals surface area contributed by atoms with Crippen molar-refractivity contribution < 1.29 is 14.0 Å². The van der Waals surface area contributed by atoms with Gasteiger partial charge in [-0.15, -0.1) is 0 Å². The molecule has 3 heterocycles. The quantitative estimate of drug-likeness (QED) is 0.882. The van der Waals surface area contributed by atoms with Gasteiger partial charge >= 0.3 is 0 Å². The number of hydrogen-bond acceptors (Lipinski definition) is 4. The second-order valence-electron chi connectivity index (χ2n) is 8.89. The molecule has 0 bridgehead atoms. The Bertz CT molecular complexity index is 892. The summed E-state index contributed by atoms with van der Waals surface area (Å²) in [5, 5.41) is 7.47. The zero-order valence-electron chi connectivity index (χ0n) is 16.9. The number of nitrogens with zero attached hydrogens (tertiary/aromatic N) is 3. The molecule has 0 saturated carbocycles. The lowest BCUT2D eigenvalue weighted by atomic mass is 9.90. The van der Waals surface area contributed by atoms with Crippen LogP contribution < -0.4 is 5.32 Å². The van der Waals surface area contributed by atoms with E-state index in [0.29, 0.717) is 0 Å². The van der Waals surface area contributed by atoms with E-state index in [2.05, 4.69) is 10.4 Å². The first kappa shape index (κ1) is 18.8. The van der Waals surface area contributed by atoms with Crippen LogP contribution in [0, 0.1) is 5.92 Å². The molecule has 0 radical (unpaired) electrons. The number of nitrogens with one attached hydrogen (secondary N) is 1. The van der Waals surface area contributed by atoms with Crippen LogP contribution in [0.5, 0.6) is 0 Å². The first-order valence-corrected chi connectivity index (χ1v) is 9.93. The van der Waals surface area contributed by atoms with Crippen LogP contribution in [0.15, 0.2) is 29.1 Å². The number of fused-ring (bicyclic) bond motifs is 1. The molecule has 3 atom stereocenters.